The molecule has 0 aliphatic rings. The highest BCUT2D eigenvalue weighted by atomic mass is 35.5. The number of aliphatic hydroxyl groups is 1. The van der Waals surface area contributed by atoms with E-state index in [9.17, 15) is 4.79 Å². The van der Waals surface area contributed by atoms with Crippen molar-refractivity contribution in [3.63, 3.8) is 0 Å². The van der Waals surface area contributed by atoms with Crippen molar-refractivity contribution in [1.29, 1.82) is 0 Å². The zero-order valence-corrected chi connectivity index (χ0v) is 13.7. The van der Waals surface area contributed by atoms with Crippen LogP contribution in [0.4, 0.5) is 5.82 Å². The molecule has 2 rings (SSSR count). The van der Waals surface area contributed by atoms with Crippen molar-refractivity contribution in [3.8, 4) is 0 Å². The number of hydrogen-bond donors (Lipinski definition) is 2. The van der Waals surface area contributed by atoms with Gasteiger partial charge in [-0.25, -0.2) is 4.98 Å². The lowest BCUT2D eigenvalue weighted by molar-refractivity contribution is 0.102. The van der Waals surface area contributed by atoms with E-state index in [0.717, 1.165) is 16.9 Å². The van der Waals surface area contributed by atoms with Crippen LogP contribution in [0, 0.1) is 6.92 Å². The van der Waals surface area contributed by atoms with E-state index in [1.165, 1.54) is 0 Å². The van der Waals surface area contributed by atoms with Crippen LogP contribution < -0.4 is 5.32 Å². The summed E-state index contributed by atoms with van der Waals surface area (Å²) >= 11 is 7.53. The molecule has 2 aromatic rings. The molecule has 1 aromatic carbocycles. The predicted molar refractivity (Wildman–Crippen MR) is 91.6 cm³/mol. The SMILES string of the molecule is Cc1cc(Cl)ccc1C(=O)Nc1cc(CSCCO)ccn1. The lowest BCUT2D eigenvalue weighted by Gasteiger charge is -2.08. The Kier molecular flexibility index (Phi) is 6.24. The molecule has 0 aliphatic heterocycles. The minimum Gasteiger partial charge on any atom is -0.396 e. The van der Waals surface area contributed by atoms with E-state index in [4.69, 9.17) is 16.7 Å². The van der Waals surface area contributed by atoms with Gasteiger partial charge in [0.2, 0.25) is 0 Å². The summed E-state index contributed by atoms with van der Waals surface area (Å²) in [7, 11) is 0. The molecule has 0 unspecified atom stereocenters. The fourth-order valence-corrected chi connectivity index (χ4v) is 2.87. The first-order valence-electron chi connectivity index (χ1n) is 6.81. The van der Waals surface area contributed by atoms with E-state index >= 15 is 0 Å². The van der Waals surface area contributed by atoms with Crippen LogP contribution in [0.3, 0.4) is 0 Å². The van der Waals surface area contributed by atoms with Gasteiger partial charge >= 0.3 is 0 Å². The van der Waals surface area contributed by atoms with Gasteiger partial charge in [0.15, 0.2) is 0 Å². The van der Waals surface area contributed by atoms with Gasteiger partial charge in [0, 0.05) is 28.3 Å². The van der Waals surface area contributed by atoms with E-state index in [1.54, 1.807) is 36.2 Å². The van der Waals surface area contributed by atoms with Crippen molar-refractivity contribution in [3.05, 3.63) is 58.2 Å². The molecule has 1 amide bonds. The number of carbonyl (C=O) groups is 1. The molecule has 0 radical (unpaired) electrons. The molecule has 4 nitrogen and oxygen atoms in total. The quantitative estimate of drug-likeness (QED) is 0.792. The van der Waals surface area contributed by atoms with Crippen LogP contribution in [0.1, 0.15) is 21.5 Å². The number of rotatable bonds is 6. The van der Waals surface area contributed by atoms with Crippen LogP contribution in [0.2, 0.25) is 5.02 Å². The third-order valence-electron chi connectivity index (χ3n) is 3.00. The second kappa shape index (κ2) is 8.17. The fourth-order valence-electron chi connectivity index (χ4n) is 1.95. The highest BCUT2D eigenvalue weighted by Crippen LogP contribution is 2.18. The van der Waals surface area contributed by atoms with E-state index in [-0.39, 0.29) is 12.5 Å². The van der Waals surface area contributed by atoms with Crippen molar-refractivity contribution in [2.75, 3.05) is 17.7 Å². The number of aromatic nitrogens is 1. The largest absolute Gasteiger partial charge is 0.396 e. The van der Waals surface area contributed by atoms with Crippen molar-refractivity contribution >= 4 is 35.1 Å². The zero-order chi connectivity index (χ0) is 15.9. The zero-order valence-electron chi connectivity index (χ0n) is 12.2. The van der Waals surface area contributed by atoms with Crippen LogP contribution in [-0.4, -0.2) is 28.4 Å². The van der Waals surface area contributed by atoms with Gasteiger partial charge in [0.25, 0.3) is 5.91 Å². The standard InChI is InChI=1S/C16H17ClN2O2S/c1-11-8-13(17)2-3-14(11)16(21)19-15-9-12(4-5-18-15)10-22-7-6-20/h2-5,8-9,20H,6-7,10H2,1H3,(H,18,19,21). The number of anilines is 1. The lowest BCUT2D eigenvalue weighted by atomic mass is 10.1. The Hall–Kier alpha value is -1.56. The monoisotopic (exact) mass is 336 g/mol. The van der Waals surface area contributed by atoms with Gasteiger partial charge < -0.3 is 10.4 Å². The van der Waals surface area contributed by atoms with Gasteiger partial charge in [0.1, 0.15) is 5.82 Å². The number of carbonyl (C=O) groups excluding carboxylic acids is 1. The number of hydrogen-bond acceptors (Lipinski definition) is 4. The van der Waals surface area contributed by atoms with Gasteiger partial charge in [-0.15, -0.1) is 0 Å². The number of aliphatic hydroxyl groups excluding tert-OH is 1. The summed E-state index contributed by atoms with van der Waals surface area (Å²) in [6, 6.07) is 8.89. The average molecular weight is 337 g/mol. The minimum absolute atomic E-state index is 0.162. The molecular formula is C16H17ClN2O2S. The number of halogens is 1. The van der Waals surface area contributed by atoms with Crippen LogP contribution >= 0.6 is 23.4 Å². The molecule has 1 heterocycles. The van der Waals surface area contributed by atoms with Gasteiger partial charge in [-0.05, 0) is 48.4 Å². The molecule has 6 heteroatoms. The van der Waals surface area contributed by atoms with Crippen molar-refractivity contribution in [2.24, 2.45) is 0 Å². The fraction of sp³-hybridized carbons (Fsp3) is 0.250. The van der Waals surface area contributed by atoms with Crippen LogP contribution in [-0.2, 0) is 5.75 Å². The second-order valence-corrected chi connectivity index (χ2v) is 6.28. The molecule has 0 aliphatic carbocycles. The Morgan fingerprint density at radius 2 is 2.18 bits per heavy atom. The molecule has 1 aromatic heterocycles. The van der Waals surface area contributed by atoms with Gasteiger partial charge in [-0.3, -0.25) is 4.79 Å². The maximum absolute atomic E-state index is 12.3. The molecule has 116 valence electrons. The Morgan fingerprint density at radius 1 is 1.36 bits per heavy atom. The summed E-state index contributed by atoms with van der Waals surface area (Å²) in [5, 5.41) is 12.2. The molecule has 0 saturated heterocycles. The van der Waals surface area contributed by atoms with Crippen molar-refractivity contribution in [1.82, 2.24) is 4.98 Å². The number of nitrogens with zero attached hydrogens (tertiary/aromatic N) is 1. The summed E-state index contributed by atoms with van der Waals surface area (Å²) in [6.45, 7) is 2.01. The van der Waals surface area contributed by atoms with Gasteiger partial charge in [-0.1, -0.05) is 11.6 Å². The van der Waals surface area contributed by atoms with Crippen LogP contribution in [0.5, 0.6) is 0 Å². The number of amides is 1. The smallest absolute Gasteiger partial charge is 0.257 e. The molecule has 0 spiro atoms. The Morgan fingerprint density at radius 3 is 2.91 bits per heavy atom. The average Bonchev–Trinajstić information content (AvgIpc) is 2.47. The highest BCUT2D eigenvalue weighted by Gasteiger charge is 2.10. The third kappa shape index (κ3) is 4.73. The summed E-state index contributed by atoms with van der Waals surface area (Å²) in [5.74, 6) is 1.77. The van der Waals surface area contributed by atoms with E-state index < -0.39 is 0 Å². The minimum atomic E-state index is -0.207. The number of benzene rings is 1. The van der Waals surface area contributed by atoms with Crippen molar-refractivity contribution in [2.45, 2.75) is 12.7 Å². The van der Waals surface area contributed by atoms with Crippen molar-refractivity contribution < 1.29 is 9.90 Å². The number of aryl methyl sites for hydroxylation is 1. The first-order valence-corrected chi connectivity index (χ1v) is 8.34. The third-order valence-corrected chi connectivity index (χ3v) is 4.25. The maximum Gasteiger partial charge on any atom is 0.257 e. The Labute approximate surface area is 138 Å². The van der Waals surface area contributed by atoms with E-state index in [0.29, 0.717) is 22.2 Å². The number of thioether (sulfide) groups is 1. The second-order valence-electron chi connectivity index (χ2n) is 4.74. The number of nitrogens with one attached hydrogen (secondary N) is 1. The molecule has 2 N–H and O–H groups in total. The molecular weight excluding hydrogens is 320 g/mol. The Bertz CT molecular complexity index is 664. The molecule has 0 fully saturated rings. The lowest BCUT2D eigenvalue weighted by Crippen LogP contribution is -2.14. The molecule has 0 atom stereocenters. The van der Waals surface area contributed by atoms with Gasteiger partial charge in [-0.2, -0.15) is 11.8 Å². The van der Waals surface area contributed by atoms with Gasteiger partial charge in [0.05, 0.1) is 6.61 Å². The Balaban J connectivity index is 2.06. The number of pyridine rings is 1. The van der Waals surface area contributed by atoms with Crippen LogP contribution in [0.25, 0.3) is 0 Å². The molecule has 0 saturated carbocycles. The highest BCUT2D eigenvalue weighted by molar-refractivity contribution is 7.98. The predicted octanol–water partition coefficient (Wildman–Crippen LogP) is 3.52. The molecule has 0 bridgehead atoms. The van der Waals surface area contributed by atoms with E-state index in [2.05, 4.69) is 10.3 Å². The summed E-state index contributed by atoms with van der Waals surface area (Å²) in [5.41, 5.74) is 2.45. The van der Waals surface area contributed by atoms with Crippen LogP contribution in [0.15, 0.2) is 36.5 Å². The summed E-state index contributed by atoms with van der Waals surface area (Å²) < 4.78 is 0. The first kappa shape index (κ1) is 16.8. The molecule has 22 heavy (non-hydrogen) atoms. The van der Waals surface area contributed by atoms with E-state index in [1.807, 2.05) is 19.1 Å². The normalized spacial score (nSPS) is 10.5. The maximum atomic E-state index is 12.3. The topological polar surface area (TPSA) is 62.2 Å². The first-order chi connectivity index (χ1) is 10.6. The summed E-state index contributed by atoms with van der Waals surface area (Å²) in [6.07, 6.45) is 1.67. The summed E-state index contributed by atoms with van der Waals surface area (Å²) in [4.78, 5) is 16.4.